The second-order valence-corrected chi connectivity index (χ2v) is 4.64. The topological polar surface area (TPSA) is 35.5 Å². The first kappa shape index (κ1) is 14.5. The van der Waals surface area contributed by atoms with Crippen molar-refractivity contribution in [3.8, 4) is 5.75 Å². The van der Waals surface area contributed by atoms with Gasteiger partial charge in [0.25, 0.3) is 0 Å². The highest BCUT2D eigenvalue weighted by atomic mass is 79.9. The molecule has 0 aliphatic carbocycles. The van der Waals surface area contributed by atoms with E-state index in [9.17, 15) is 4.79 Å². The van der Waals surface area contributed by atoms with Crippen LogP contribution in [-0.4, -0.2) is 19.2 Å². The number of carbonyl (C=O) groups is 1. The van der Waals surface area contributed by atoms with Gasteiger partial charge in [-0.15, -0.1) is 0 Å². The number of benzene rings is 1. The Balaban J connectivity index is 2.40. The summed E-state index contributed by atoms with van der Waals surface area (Å²) in [4.78, 5) is 11.5. The molecule has 0 radical (unpaired) electrons. The molecule has 0 bridgehead atoms. The van der Waals surface area contributed by atoms with Gasteiger partial charge in [0.05, 0.1) is 4.47 Å². The maximum atomic E-state index is 11.5. The smallest absolute Gasteiger partial charge is 0.311 e. The Kier molecular flexibility index (Phi) is 6.55. The summed E-state index contributed by atoms with van der Waals surface area (Å²) in [6.07, 6.45) is 1.01. The lowest BCUT2D eigenvalue weighted by Crippen LogP contribution is -2.09. The lowest BCUT2D eigenvalue weighted by molar-refractivity contribution is -0.134. The number of carbonyl (C=O) groups excluding carboxylic acids is 1. The van der Waals surface area contributed by atoms with Gasteiger partial charge >= 0.3 is 5.97 Å². The normalized spacial score (nSPS) is 10.3. The van der Waals surface area contributed by atoms with Crippen LogP contribution in [0, 0.1) is 0 Å². The van der Waals surface area contributed by atoms with Gasteiger partial charge in [-0.3, -0.25) is 4.79 Å². The molecule has 0 atom stereocenters. The maximum absolute atomic E-state index is 11.5. The Bertz CT molecular complexity index is 382. The highest BCUT2D eigenvalue weighted by Crippen LogP contribution is 2.28. The minimum atomic E-state index is -0.271. The van der Waals surface area contributed by atoms with Gasteiger partial charge in [0.1, 0.15) is 5.75 Å². The maximum Gasteiger partial charge on any atom is 0.311 e. The fraction of sp³-hybridized carbons (Fsp3) is 0.417. The van der Waals surface area contributed by atoms with Crippen molar-refractivity contribution in [1.82, 2.24) is 0 Å². The van der Waals surface area contributed by atoms with E-state index in [0.29, 0.717) is 41.3 Å². The Morgan fingerprint density at radius 1 is 1.47 bits per heavy atom. The molecular weight excluding hydrogens is 307 g/mol. The molecule has 0 aliphatic rings. The summed E-state index contributed by atoms with van der Waals surface area (Å²) in [5.41, 5.74) is 0. The third kappa shape index (κ3) is 5.52. The van der Waals surface area contributed by atoms with E-state index in [-0.39, 0.29) is 5.97 Å². The molecule has 94 valence electrons. The summed E-state index contributed by atoms with van der Waals surface area (Å²) in [5.74, 6) is 0.212. The summed E-state index contributed by atoms with van der Waals surface area (Å²) < 4.78 is 11.0. The summed E-state index contributed by atoms with van der Waals surface area (Å²) in [6, 6.07) is 5.02. The van der Waals surface area contributed by atoms with Crippen LogP contribution in [0.2, 0.25) is 5.02 Å². The molecular formula is C12H14BrClO3. The van der Waals surface area contributed by atoms with Crippen LogP contribution in [0.4, 0.5) is 0 Å². The van der Waals surface area contributed by atoms with Crippen LogP contribution < -0.4 is 4.74 Å². The largest absolute Gasteiger partial charge is 0.425 e. The molecule has 0 heterocycles. The zero-order valence-electron chi connectivity index (χ0n) is 9.54. The van der Waals surface area contributed by atoms with E-state index in [1.54, 1.807) is 18.2 Å². The minimum absolute atomic E-state index is 0.271. The van der Waals surface area contributed by atoms with Crippen LogP contribution in [-0.2, 0) is 9.53 Å². The monoisotopic (exact) mass is 320 g/mol. The molecule has 0 unspecified atom stereocenters. The van der Waals surface area contributed by atoms with Crippen molar-refractivity contribution in [3.05, 3.63) is 27.7 Å². The zero-order valence-corrected chi connectivity index (χ0v) is 11.9. The molecule has 1 aromatic rings. The van der Waals surface area contributed by atoms with Gasteiger partial charge in [0.2, 0.25) is 0 Å². The lowest BCUT2D eigenvalue weighted by Gasteiger charge is -2.06. The highest BCUT2D eigenvalue weighted by Gasteiger charge is 2.08. The zero-order chi connectivity index (χ0) is 12.7. The third-order valence-electron chi connectivity index (χ3n) is 1.99. The second-order valence-electron chi connectivity index (χ2n) is 3.35. The lowest BCUT2D eigenvalue weighted by atomic mass is 10.3. The predicted molar refractivity (Wildman–Crippen MR) is 70.5 cm³/mol. The van der Waals surface area contributed by atoms with Crippen molar-refractivity contribution < 1.29 is 14.3 Å². The minimum Gasteiger partial charge on any atom is -0.425 e. The van der Waals surface area contributed by atoms with Crippen LogP contribution in [0.25, 0.3) is 0 Å². The van der Waals surface area contributed by atoms with Crippen molar-refractivity contribution in [2.45, 2.75) is 19.8 Å². The van der Waals surface area contributed by atoms with Crippen LogP contribution in [0.1, 0.15) is 19.8 Å². The Morgan fingerprint density at radius 3 is 2.88 bits per heavy atom. The molecule has 17 heavy (non-hydrogen) atoms. The number of esters is 1. The molecule has 0 spiro atoms. The number of halogens is 2. The molecule has 0 amide bonds. The summed E-state index contributed by atoms with van der Waals surface area (Å²) >= 11 is 9.07. The molecule has 3 nitrogen and oxygen atoms in total. The fourth-order valence-electron chi connectivity index (χ4n) is 1.19. The Labute approximate surface area is 114 Å². The molecule has 0 saturated carbocycles. The number of hydrogen-bond acceptors (Lipinski definition) is 3. The number of rotatable bonds is 6. The number of hydrogen-bond donors (Lipinski definition) is 0. The third-order valence-corrected chi connectivity index (χ3v) is 2.85. The van der Waals surface area contributed by atoms with Crippen molar-refractivity contribution in [2.75, 3.05) is 13.2 Å². The van der Waals surface area contributed by atoms with E-state index in [0.717, 1.165) is 0 Å². The molecule has 1 rings (SSSR count). The average molecular weight is 322 g/mol. The van der Waals surface area contributed by atoms with Crippen molar-refractivity contribution >= 4 is 33.5 Å². The van der Waals surface area contributed by atoms with Gasteiger partial charge in [0, 0.05) is 24.7 Å². The molecule has 0 N–H and O–H groups in total. The van der Waals surface area contributed by atoms with Crippen LogP contribution in [0.3, 0.4) is 0 Å². The van der Waals surface area contributed by atoms with Gasteiger partial charge in [-0.2, -0.15) is 0 Å². The molecule has 1 aromatic carbocycles. The molecule has 5 heteroatoms. The fourth-order valence-corrected chi connectivity index (χ4v) is 1.96. The van der Waals surface area contributed by atoms with E-state index in [4.69, 9.17) is 21.1 Å². The van der Waals surface area contributed by atoms with Crippen molar-refractivity contribution in [2.24, 2.45) is 0 Å². The van der Waals surface area contributed by atoms with Crippen LogP contribution in [0.5, 0.6) is 5.75 Å². The van der Waals surface area contributed by atoms with E-state index >= 15 is 0 Å². The first-order valence-corrected chi connectivity index (χ1v) is 6.54. The SMILES string of the molecule is CCOCCCC(=O)Oc1ccc(Cl)cc1Br. The highest BCUT2D eigenvalue weighted by molar-refractivity contribution is 9.10. The standard InChI is InChI=1S/C12H14BrClO3/c1-2-16-7-3-4-12(15)17-11-6-5-9(14)8-10(11)13/h5-6,8H,2-4,7H2,1H3. The summed E-state index contributed by atoms with van der Waals surface area (Å²) in [5, 5.41) is 0.591. The number of ether oxygens (including phenoxy) is 2. The van der Waals surface area contributed by atoms with E-state index in [2.05, 4.69) is 15.9 Å². The molecule has 0 aromatic heterocycles. The van der Waals surface area contributed by atoms with E-state index in [1.165, 1.54) is 0 Å². The first-order chi connectivity index (χ1) is 8.13. The molecule has 0 saturated heterocycles. The van der Waals surface area contributed by atoms with E-state index in [1.807, 2.05) is 6.92 Å². The van der Waals surface area contributed by atoms with Gasteiger partial charge in [0.15, 0.2) is 0 Å². The first-order valence-electron chi connectivity index (χ1n) is 5.37. The Morgan fingerprint density at radius 2 is 2.24 bits per heavy atom. The van der Waals surface area contributed by atoms with Gasteiger partial charge in [-0.1, -0.05) is 11.6 Å². The van der Waals surface area contributed by atoms with E-state index < -0.39 is 0 Å². The van der Waals surface area contributed by atoms with Gasteiger partial charge in [-0.05, 0) is 47.5 Å². The molecule has 0 aliphatic heterocycles. The van der Waals surface area contributed by atoms with Gasteiger partial charge < -0.3 is 9.47 Å². The Hall–Kier alpha value is -0.580. The van der Waals surface area contributed by atoms with Crippen LogP contribution >= 0.6 is 27.5 Å². The molecule has 0 fully saturated rings. The summed E-state index contributed by atoms with van der Waals surface area (Å²) in [6.45, 7) is 3.16. The van der Waals surface area contributed by atoms with Crippen molar-refractivity contribution in [3.63, 3.8) is 0 Å². The quantitative estimate of drug-likeness (QED) is 0.454. The second kappa shape index (κ2) is 7.69. The predicted octanol–water partition coefficient (Wildman–Crippen LogP) is 3.82. The van der Waals surface area contributed by atoms with Gasteiger partial charge in [-0.25, -0.2) is 0 Å². The average Bonchev–Trinajstić information content (AvgIpc) is 2.28. The summed E-state index contributed by atoms with van der Waals surface area (Å²) in [7, 11) is 0. The van der Waals surface area contributed by atoms with Crippen molar-refractivity contribution in [1.29, 1.82) is 0 Å². The van der Waals surface area contributed by atoms with Crippen LogP contribution in [0.15, 0.2) is 22.7 Å².